The first kappa shape index (κ1) is 11.8. The van der Waals surface area contributed by atoms with Crippen molar-refractivity contribution in [3.8, 4) is 12.3 Å². The molecule has 0 heterocycles. The summed E-state index contributed by atoms with van der Waals surface area (Å²) in [7, 11) is 0. The largest absolute Gasteiger partial charge is 0.325 e. The molecular weight excluding hydrogens is 254 g/mol. The van der Waals surface area contributed by atoms with Gasteiger partial charge in [-0.25, -0.2) is 0 Å². The number of rotatable bonds is 3. The first-order chi connectivity index (χ1) is 7.15. The lowest BCUT2D eigenvalue weighted by Crippen LogP contribution is -2.11. The molecule has 0 aliphatic rings. The minimum Gasteiger partial charge on any atom is -0.325 e. The van der Waals surface area contributed by atoms with E-state index in [0.29, 0.717) is 12.8 Å². The van der Waals surface area contributed by atoms with E-state index in [-0.39, 0.29) is 5.91 Å². The van der Waals surface area contributed by atoms with Crippen LogP contribution in [0, 0.1) is 19.3 Å². The lowest BCUT2D eigenvalue weighted by Gasteiger charge is -2.08. The summed E-state index contributed by atoms with van der Waals surface area (Å²) in [5.41, 5.74) is 1.88. The van der Waals surface area contributed by atoms with Crippen LogP contribution in [0.3, 0.4) is 0 Å². The molecule has 0 atom stereocenters. The molecule has 0 aromatic heterocycles. The van der Waals surface area contributed by atoms with E-state index in [4.69, 9.17) is 6.42 Å². The van der Waals surface area contributed by atoms with Gasteiger partial charge < -0.3 is 5.32 Å². The highest BCUT2D eigenvalue weighted by molar-refractivity contribution is 9.10. The van der Waals surface area contributed by atoms with Crippen LogP contribution in [0.5, 0.6) is 0 Å². The maximum atomic E-state index is 11.4. The second-order valence-corrected chi connectivity index (χ2v) is 3.98. The molecule has 1 amide bonds. The standard InChI is InChI=1S/C12H12BrNO/c1-3-4-8-11(15)14-10-7-5-6-9(2)12(10)13/h1,5-7H,4,8H2,2H3,(H,14,15). The molecule has 0 unspecified atom stereocenters. The molecule has 0 saturated heterocycles. The number of hydrogen-bond acceptors (Lipinski definition) is 1. The number of amides is 1. The van der Waals surface area contributed by atoms with Crippen molar-refractivity contribution in [3.05, 3.63) is 28.2 Å². The van der Waals surface area contributed by atoms with E-state index in [0.717, 1.165) is 15.7 Å². The van der Waals surface area contributed by atoms with Gasteiger partial charge in [0, 0.05) is 17.3 Å². The van der Waals surface area contributed by atoms with E-state index < -0.39 is 0 Å². The van der Waals surface area contributed by atoms with Crippen LogP contribution in [0.4, 0.5) is 5.69 Å². The lowest BCUT2D eigenvalue weighted by molar-refractivity contribution is -0.116. The third kappa shape index (κ3) is 3.41. The summed E-state index contributed by atoms with van der Waals surface area (Å²) >= 11 is 3.42. The SMILES string of the molecule is C#CCCC(=O)Nc1cccc(C)c1Br. The van der Waals surface area contributed by atoms with Gasteiger partial charge in [-0.05, 0) is 34.5 Å². The maximum absolute atomic E-state index is 11.4. The number of halogens is 1. The van der Waals surface area contributed by atoms with Crippen molar-refractivity contribution in [2.45, 2.75) is 19.8 Å². The van der Waals surface area contributed by atoms with Crippen LogP contribution in [-0.4, -0.2) is 5.91 Å². The highest BCUT2D eigenvalue weighted by atomic mass is 79.9. The Kier molecular flexibility index (Phi) is 4.38. The quantitative estimate of drug-likeness (QED) is 0.837. The Morgan fingerprint density at radius 2 is 2.33 bits per heavy atom. The van der Waals surface area contributed by atoms with Gasteiger partial charge in [0.2, 0.25) is 5.91 Å². The Labute approximate surface area is 98.2 Å². The van der Waals surface area contributed by atoms with Crippen LogP contribution in [0.25, 0.3) is 0 Å². The average Bonchev–Trinajstić information content (AvgIpc) is 2.22. The van der Waals surface area contributed by atoms with Crippen LogP contribution < -0.4 is 5.32 Å². The van der Waals surface area contributed by atoms with Gasteiger partial charge in [-0.15, -0.1) is 12.3 Å². The van der Waals surface area contributed by atoms with Gasteiger partial charge in [0.1, 0.15) is 0 Å². The Hall–Kier alpha value is -1.27. The number of carbonyl (C=O) groups excluding carboxylic acids is 1. The van der Waals surface area contributed by atoms with Crippen molar-refractivity contribution in [1.29, 1.82) is 0 Å². The zero-order valence-corrected chi connectivity index (χ0v) is 10.1. The van der Waals surface area contributed by atoms with Crippen LogP contribution >= 0.6 is 15.9 Å². The summed E-state index contributed by atoms with van der Waals surface area (Å²) in [6, 6.07) is 5.73. The molecule has 0 spiro atoms. The van der Waals surface area contributed by atoms with E-state index >= 15 is 0 Å². The van der Waals surface area contributed by atoms with Crippen LogP contribution in [0.15, 0.2) is 22.7 Å². The van der Waals surface area contributed by atoms with E-state index in [9.17, 15) is 4.79 Å². The third-order valence-electron chi connectivity index (χ3n) is 1.96. The van der Waals surface area contributed by atoms with Gasteiger partial charge in [-0.3, -0.25) is 4.79 Å². The summed E-state index contributed by atoms with van der Waals surface area (Å²) in [6.45, 7) is 1.97. The number of anilines is 1. The average molecular weight is 266 g/mol. The number of nitrogens with one attached hydrogen (secondary N) is 1. The van der Waals surface area contributed by atoms with Crippen molar-refractivity contribution < 1.29 is 4.79 Å². The molecule has 1 aromatic carbocycles. The Bertz CT molecular complexity index is 407. The molecule has 1 rings (SSSR count). The number of aryl methyl sites for hydroxylation is 1. The van der Waals surface area contributed by atoms with Gasteiger partial charge >= 0.3 is 0 Å². The summed E-state index contributed by atoms with van der Waals surface area (Å²) in [6.07, 6.45) is 5.91. The molecule has 2 nitrogen and oxygen atoms in total. The molecule has 1 N–H and O–H groups in total. The molecular formula is C12H12BrNO. The summed E-state index contributed by atoms with van der Waals surface area (Å²) in [5.74, 6) is 2.38. The second-order valence-electron chi connectivity index (χ2n) is 3.19. The monoisotopic (exact) mass is 265 g/mol. The van der Waals surface area contributed by atoms with E-state index in [1.165, 1.54) is 0 Å². The van der Waals surface area contributed by atoms with Gasteiger partial charge in [-0.2, -0.15) is 0 Å². The van der Waals surface area contributed by atoms with Gasteiger partial charge in [0.15, 0.2) is 0 Å². The topological polar surface area (TPSA) is 29.1 Å². The minimum atomic E-state index is -0.0562. The van der Waals surface area contributed by atoms with Crippen LogP contribution in [0.1, 0.15) is 18.4 Å². The molecule has 0 aliphatic heterocycles. The highest BCUT2D eigenvalue weighted by Crippen LogP contribution is 2.25. The zero-order valence-electron chi connectivity index (χ0n) is 8.51. The van der Waals surface area contributed by atoms with Crippen molar-refractivity contribution in [1.82, 2.24) is 0 Å². The molecule has 0 saturated carbocycles. The number of terminal acetylenes is 1. The first-order valence-corrected chi connectivity index (χ1v) is 5.43. The predicted molar refractivity (Wildman–Crippen MR) is 65.6 cm³/mol. The molecule has 0 radical (unpaired) electrons. The van der Waals surface area contributed by atoms with Gasteiger partial charge in [0.05, 0.1) is 5.69 Å². The van der Waals surface area contributed by atoms with Crippen molar-refractivity contribution in [2.75, 3.05) is 5.32 Å². The molecule has 0 bridgehead atoms. The molecule has 0 aliphatic carbocycles. The van der Waals surface area contributed by atoms with E-state index in [1.54, 1.807) is 0 Å². The Morgan fingerprint density at radius 3 is 3.00 bits per heavy atom. The fraction of sp³-hybridized carbons (Fsp3) is 0.250. The van der Waals surface area contributed by atoms with Crippen LogP contribution in [-0.2, 0) is 4.79 Å². The minimum absolute atomic E-state index is 0.0562. The molecule has 1 aromatic rings. The van der Waals surface area contributed by atoms with E-state index in [2.05, 4.69) is 27.2 Å². The Balaban J connectivity index is 2.69. The first-order valence-electron chi connectivity index (χ1n) is 4.63. The molecule has 78 valence electrons. The lowest BCUT2D eigenvalue weighted by atomic mass is 10.2. The third-order valence-corrected chi connectivity index (χ3v) is 3.01. The maximum Gasteiger partial charge on any atom is 0.225 e. The van der Waals surface area contributed by atoms with Crippen molar-refractivity contribution >= 4 is 27.5 Å². The fourth-order valence-electron chi connectivity index (χ4n) is 1.14. The molecule has 3 heteroatoms. The van der Waals surface area contributed by atoms with Gasteiger partial charge in [-0.1, -0.05) is 12.1 Å². The normalized spacial score (nSPS) is 9.40. The molecule has 15 heavy (non-hydrogen) atoms. The number of carbonyl (C=O) groups is 1. The van der Waals surface area contributed by atoms with Crippen LogP contribution in [0.2, 0.25) is 0 Å². The summed E-state index contributed by atoms with van der Waals surface area (Å²) < 4.78 is 0.916. The number of benzene rings is 1. The van der Waals surface area contributed by atoms with Crippen molar-refractivity contribution in [2.24, 2.45) is 0 Å². The zero-order chi connectivity index (χ0) is 11.3. The smallest absolute Gasteiger partial charge is 0.225 e. The summed E-state index contributed by atoms with van der Waals surface area (Å²) in [5, 5.41) is 2.80. The fourth-order valence-corrected chi connectivity index (χ4v) is 1.51. The predicted octanol–water partition coefficient (Wildman–Crippen LogP) is 3.11. The summed E-state index contributed by atoms with van der Waals surface area (Å²) in [4.78, 5) is 11.4. The second kappa shape index (κ2) is 5.57. The number of hydrogen-bond donors (Lipinski definition) is 1. The Morgan fingerprint density at radius 1 is 1.60 bits per heavy atom. The molecule has 0 fully saturated rings. The van der Waals surface area contributed by atoms with E-state index in [1.807, 2.05) is 25.1 Å². The van der Waals surface area contributed by atoms with Crippen molar-refractivity contribution in [3.63, 3.8) is 0 Å². The highest BCUT2D eigenvalue weighted by Gasteiger charge is 2.05. The van der Waals surface area contributed by atoms with Gasteiger partial charge in [0.25, 0.3) is 0 Å².